The first kappa shape index (κ1) is 16.0. The van der Waals surface area contributed by atoms with Gasteiger partial charge in [-0.05, 0) is 37.8 Å². The second-order valence-corrected chi connectivity index (χ2v) is 6.16. The highest BCUT2D eigenvalue weighted by Crippen LogP contribution is 2.30. The van der Waals surface area contributed by atoms with Crippen molar-refractivity contribution in [3.63, 3.8) is 0 Å². The van der Waals surface area contributed by atoms with E-state index < -0.39 is 0 Å². The third-order valence-electron chi connectivity index (χ3n) is 4.31. The van der Waals surface area contributed by atoms with Crippen LogP contribution in [0.3, 0.4) is 0 Å². The number of carbonyl (C=O) groups is 1. The molecule has 1 amide bonds. The number of aryl methyl sites for hydroxylation is 2. The second kappa shape index (κ2) is 7.08. The minimum atomic E-state index is -0.0169. The highest BCUT2D eigenvalue weighted by Gasteiger charge is 2.38. The molecule has 2 atom stereocenters. The summed E-state index contributed by atoms with van der Waals surface area (Å²) in [6, 6.07) is 6.49. The summed E-state index contributed by atoms with van der Waals surface area (Å²) in [6.45, 7) is 9.40. The van der Waals surface area contributed by atoms with E-state index in [4.69, 9.17) is 0 Å². The number of nitrogens with zero attached hydrogens (tertiary/aromatic N) is 1. The van der Waals surface area contributed by atoms with Crippen molar-refractivity contribution in [3.8, 4) is 0 Å². The third-order valence-corrected chi connectivity index (χ3v) is 4.31. The van der Waals surface area contributed by atoms with Crippen LogP contribution in [0.5, 0.6) is 0 Å². The molecule has 0 saturated carbocycles. The molecule has 2 unspecified atom stereocenters. The Morgan fingerprint density at radius 3 is 2.62 bits per heavy atom. The van der Waals surface area contributed by atoms with Crippen molar-refractivity contribution in [2.45, 2.75) is 65.6 Å². The normalized spacial score (nSPS) is 22.1. The molecule has 0 spiro atoms. The van der Waals surface area contributed by atoms with Crippen LogP contribution in [-0.2, 0) is 4.79 Å². The molecule has 2 rings (SSSR count). The predicted octanol–water partition coefficient (Wildman–Crippen LogP) is 3.70. The monoisotopic (exact) mass is 288 g/mol. The van der Waals surface area contributed by atoms with Crippen LogP contribution in [0, 0.1) is 13.8 Å². The summed E-state index contributed by atoms with van der Waals surface area (Å²) in [5.74, 6) is 0.274. The number of hydrogen-bond acceptors (Lipinski definition) is 2. The van der Waals surface area contributed by atoms with Crippen molar-refractivity contribution in [2.75, 3.05) is 6.54 Å². The third kappa shape index (κ3) is 3.46. The number of nitrogens with one attached hydrogen (secondary N) is 1. The maximum absolute atomic E-state index is 12.6. The number of rotatable bonds is 6. The largest absolute Gasteiger partial charge is 0.322 e. The van der Waals surface area contributed by atoms with Crippen molar-refractivity contribution in [1.82, 2.24) is 10.2 Å². The molecule has 1 fully saturated rings. The summed E-state index contributed by atoms with van der Waals surface area (Å²) in [5, 5.41) is 3.56. The van der Waals surface area contributed by atoms with Crippen LogP contribution >= 0.6 is 0 Å². The van der Waals surface area contributed by atoms with Gasteiger partial charge in [0.15, 0.2) is 0 Å². The molecule has 1 aromatic carbocycles. The second-order valence-electron chi connectivity index (χ2n) is 6.16. The molecule has 0 radical (unpaired) electrons. The van der Waals surface area contributed by atoms with E-state index in [1.54, 1.807) is 0 Å². The average molecular weight is 288 g/mol. The fourth-order valence-corrected chi connectivity index (χ4v) is 3.05. The highest BCUT2D eigenvalue weighted by atomic mass is 16.2. The molecule has 0 aliphatic carbocycles. The molecule has 3 heteroatoms. The summed E-state index contributed by atoms with van der Waals surface area (Å²) in [7, 11) is 0. The van der Waals surface area contributed by atoms with E-state index in [0.29, 0.717) is 0 Å². The van der Waals surface area contributed by atoms with Gasteiger partial charge in [-0.25, -0.2) is 0 Å². The molecule has 1 heterocycles. The van der Waals surface area contributed by atoms with Gasteiger partial charge in [0.1, 0.15) is 6.17 Å². The maximum atomic E-state index is 12.6. The fourth-order valence-electron chi connectivity index (χ4n) is 3.05. The van der Waals surface area contributed by atoms with Gasteiger partial charge in [-0.1, -0.05) is 50.5 Å². The number of hydrogen-bond donors (Lipinski definition) is 1. The van der Waals surface area contributed by atoms with Gasteiger partial charge in [-0.3, -0.25) is 10.1 Å². The van der Waals surface area contributed by atoms with E-state index >= 15 is 0 Å². The van der Waals surface area contributed by atoms with Crippen LogP contribution in [0.1, 0.15) is 62.4 Å². The Balaban J connectivity index is 2.29. The zero-order valence-corrected chi connectivity index (χ0v) is 13.8. The molecule has 3 nitrogen and oxygen atoms in total. The Morgan fingerprint density at radius 2 is 1.95 bits per heavy atom. The Morgan fingerprint density at radius 1 is 1.19 bits per heavy atom. The lowest BCUT2D eigenvalue weighted by molar-refractivity contribution is -0.130. The molecule has 1 N–H and O–H groups in total. The summed E-state index contributed by atoms with van der Waals surface area (Å²) < 4.78 is 0. The number of amides is 1. The Hall–Kier alpha value is -1.35. The Bertz CT molecular complexity index is 498. The van der Waals surface area contributed by atoms with Crippen LogP contribution in [0.4, 0.5) is 0 Å². The van der Waals surface area contributed by atoms with Crippen molar-refractivity contribution in [1.29, 1.82) is 0 Å². The van der Waals surface area contributed by atoms with E-state index in [1.807, 2.05) is 4.90 Å². The molecule has 0 bridgehead atoms. The molecule has 116 valence electrons. The maximum Gasteiger partial charge on any atom is 0.241 e. The standard InChI is InChI=1S/C18H28N2O/c1-5-7-11-20-17(19-16(8-6-2)18(20)21)15-12-13(3)9-10-14(15)4/h9-10,12,16-17,19H,5-8,11H2,1-4H3. The van der Waals surface area contributed by atoms with E-state index in [9.17, 15) is 4.79 Å². The van der Waals surface area contributed by atoms with Gasteiger partial charge < -0.3 is 4.90 Å². The van der Waals surface area contributed by atoms with Gasteiger partial charge in [0, 0.05) is 6.54 Å². The van der Waals surface area contributed by atoms with E-state index in [0.717, 1.165) is 32.2 Å². The van der Waals surface area contributed by atoms with E-state index in [1.165, 1.54) is 16.7 Å². The van der Waals surface area contributed by atoms with Gasteiger partial charge in [0.25, 0.3) is 0 Å². The summed E-state index contributed by atoms with van der Waals surface area (Å²) >= 11 is 0. The fraction of sp³-hybridized carbons (Fsp3) is 0.611. The van der Waals surface area contributed by atoms with Crippen molar-refractivity contribution < 1.29 is 4.79 Å². The molecular weight excluding hydrogens is 260 g/mol. The summed E-state index contributed by atoms with van der Waals surface area (Å²) in [5.41, 5.74) is 3.75. The van der Waals surface area contributed by atoms with Crippen LogP contribution < -0.4 is 5.32 Å². The zero-order valence-electron chi connectivity index (χ0n) is 13.8. The molecule has 1 aromatic rings. The minimum Gasteiger partial charge on any atom is -0.322 e. The molecule has 1 saturated heterocycles. The molecule has 21 heavy (non-hydrogen) atoms. The van der Waals surface area contributed by atoms with Crippen molar-refractivity contribution in [3.05, 3.63) is 34.9 Å². The number of benzene rings is 1. The number of carbonyl (C=O) groups excluding carboxylic acids is 1. The molecule has 0 aromatic heterocycles. The lowest BCUT2D eigenvalue weighted by Gasteiger charge is -2.26. The van der Waals surface area contributed by atoms with E-state index in [2.05, 4.69) is 51.2 Å². The van der Waals surface area contributed by atoms with Crippen LogP contribution in [0.15, 0.2) is 18.2 Å². The SMILES string of the molecule is CCCCN1C(=O)C(CCC)NC1c1cc(C)ccc1C. The lowest BCUT2D eigenvalue weighted by atomic mass is 10.0. The average Bonchev–Trinajstić information content (AvgIpc) is 2.77. The Kier molecular flexibility index (Phi) is 5.40. The van der Waals surface area contributed by atoms with Gasteiger partial charge in [-0.15, -0.1) is 0 Å². The van der Waals surface area contributed by atoms with Gasteiger partial charge in [0.2, 0.25) is 5.91 Å². The smallest absolute Gasteiger partial charge is 0.241 e. The quantitative estimate of drug-likeness (QED) is 0.865. The molecule has 1 aliphatic rings. The van der Waals surface area contributed by atoms with Crippen LogP contribution in [0.25, 0.3) is 0 Å². The number of unbranched alkanes of at least 4 members (excludes halogenated alkanes) is 1. The predicted molar refractivity (Wildman–Crippen MR) is 87.1 cm³/mol. The van der Waals surface area contributed by atoms with Crippen LogP contribution in [0.2, 0.25) is 0 Å². The molecular formula is C18H28N2O. The summed E-state index contributed by atoms with van der Waals surface area (Å²) in [6.07, 6.45) is 4.17. The highest BCUT2D eigenvalue weighted by molar-refractivity contribution is 5.84. The Labute approximate surface area is 128 Å². The minimum absolute atomic E-state index is 0.0169. The van der Waals surface area contributed by atoms with Crippen molar-refractivity contribution >= 4 is 5.91 Å². The van der Waals surface area contributed by atoms with Gasteiger partial charge >= 0.3 is 0 Å². The zero-order chi connectivity index (χ0) is 15.4. The topological polar surface area (TPSA) is 32.3 Å². The molecule has 1 aliphatic heterocycles. The van der Waals surface area contributed by atoms with Gasteiger partial charge in [0.05, 0.1) is 6.04 Å². The van der Waals surface area contributed by atoms with Gasteiger partial charge in [-0.2, -0.15) is 0 Å². The lowest BCUT2D eigenvalue weighted by Crippen LogP contribution is -2.32. The first-order valence-electron chi connectivity index (χ1n) is 8.22. The van der Waals surface area contributed by atoms with Crippen molar-refractivity contribution in [2.24, 2.45) is 0 Å². The summed E-state index contributed by atoms with van der Waals surface area (Å²) in [4.78, 5) is 14.7. The van der Waals surface area contributed by atoms with Crippen LogP contribution in [-0.4, -0.2) is 23.4 Å². The first-order valence-corrected chi connectivity index (χ1v) is 8.22. The van der Waals surface area contributed by atoms with E-state index in [-0.39, 0.29) is 18.1 Å². The first-order chi connectivity index (χ1) is 10.1.